The molecule has 98 valence electrons. The number of carbonyl (C=O) groups is 1. The molecule has 3 heteroatoms. The van der Waals surface area contributed by atoms with Crippen LogP contribution in [0.15, 0.2) is 65.3 Å². The molecule has 20 heavy (non-hydrogen) atoms. The van der Waals surface area contributed by atoms with Gasteiger partial charge in [0.05, 0.1) is 5.52 Å². The van der Waals surface area contributed by atoms with Crippen molar-refractivity contribution in [2.24, 2.45) is 0 Å². The van der Waals surface area contributed by atoms with Gasteiger partial charge in [-0.05, 0) is 29.8 Å². The zero-order valence-corrected chi connectivity index (χ0v) is 12.3. The summed E-state index contributed by atoms with van der Waals surface area (Å²) in [5.41, 5.74) is 2.58. The average molecular weight is 326 g/mol. The van der Waals surface area contributed by atoms with Gasteiger partial charge in [0.15, 0.2) is 5.78 Å². The van der Waals surface area contributed by atoms with Crippen LogP contribution in [-0.2, 0) is 6.42 Å². The maximum Gasteiger partial charge on any atom is 0.167 e. The van der Waals surface area contributed by atoms with Crippen molar-refractivity contribution in [3.63, 3.8) is 0 Å². The molecule has 0 N–H and O–H groups in total. The normalized spacial score (nSPS) is 10.7. The maximum absolute atomic E-state index is 12.3. The number of pyridine rings is 1. The topological polar surface area (TPSA) is 30.0 Å². The number of carbonyl (C=O) groups excluding carboxylic acids is 1. The molecule has 0 atom stereocenters. The van der Waals surface area contributed by atoms with Crippen LogP contribution in [0.2, 0.25) is 0 Å². The summed E-state index contributed by atoms with van der Waals surface area (Å²) in [4.78, 5) is 16.6. The molecule has 3 rings (SSSR count). The smallest absolute Gasteiger partial charge is 0.167 e. The van der Waals surface area contributed by atoms with Crippen LogP contribution in [-0.4, -0.2) is 10.8 Å². The lowest BCUT2D eigenvalue weighted by molar-refractivity contribution is 0.0993. The molecule has 0 fully saturated rings. The molecule has 0 aliphatic rings. The molecule has 0 radical (unpaired) electrons. The van der Waals surface area contributed by atoms with E-state index in [2.05, 4.69) is 20.9 Å². The second-order valence-electron chi connectivity index (χ2n) is 4.64. The minimum Gasteiger partial charge on any atom is -0.294 e. The molecule has 2 aromatic carbocycles. The van der Waals surface area contributed by atoms with Crippen molar-refractivity contribution in [2.45, 2.75) is 6.42 Å². The van der Waals surface area contributed by atoms with Gasteiger partial charge in [0.2, 0.25) is 0 Å². The highest BCUT2D eigenvalue weighted by molar-refractivity contribution is 9.10. The van der Waals surface area contributed by atoms with Crippen LogP contribution in [0.3, 0.4) is 0 Å². The van der Waals surface area contributed by atoms with Gasteiger partial charge in [-0.15, -0.1) is 0 Å². The molecule has 0 bridgehead atoms. The zero-order valence-electron chi connectivity index (χ0n) is 10.7. The third-order valence-electron chi connectivity index (χ3n) is 3.21. The van der Waals surface area contributed by atoms with Gasteiger partial charge in [-0.3, -0.25) is 9.78 Å². The van der Waals surface area contributed by atoms with Crippen molar-refractivity contribution in [1.29, 1.82) is 0 Å². The summed E-state index contributed by atoms with van der Waals surface area (Å²) in [7, 11) is 0. The van der Waals surface area contributed by atoms with Gasteiger partial charge in [0.25, 0.3) is 0 Å². The first-order valence-corrected chi connectivity index (χ1v) is 7.14. The SMILES string of the molecule is O=C(Cc1ccc(Br)cc1)c1ccc2cccnc2c1. The summed E-state index contributed by atoms with van der Waals surface area (Å²) in [6.45, 7) is 0. The molecule has 1 aromatic heterocycles. The third kappa shape index (κ3) is 2.78. The van der Waals surface area contributed by atoms with Gasteiger partial charge >= 0.3 is 0 Å². The highest BCUT2D eigenvalue weighted by Gasteiger charge is 2.08. The first-order valence-electron chi connectivity index (χ1n) is 6.35. The van der Waals surface area contributed by atoms with Crippen molar-refractivity contribution >= 4 is 32.6 Å². The highest BCUT2D eigenvalue weighted by atomic mass is 79.9. The standard InChI is InChI=1S/C17H12BrNO/c18-15-7-3-12(4-8-15)10-17(20)14-6-5-13-2-1-9-19-16(13)11-14/h1-9,11H,10H2. The molecule has 1 heterocycles. The van der Waals surface area contributed by atoms with Gasteiger partial charge in [0.1, 0.15) is 0 Å². The Morgan fingerprint density at radius 3 is 2.65 bits per heavy atom. The maximum atomic E-state index is 12.3. The number of fused-ring (bicyclic) bond motifs is 1. The Hall–Kier alpha value is -2.00. The summed E-state index contributed by atoms with van der Waals surface area (Å²) in [6.07, 6.45) is 2.15. The molecule has 0 spiro atoms. The number of benzene rings is 2. The number of hydrogen-bond acceptors (Lipinski definition) is 2. The molecular formula is C17H12BrNO. The molecule has 2 nitrogen and oxygen atoms in total. The number of ketones is 1. The molecular weight excluding hydrogens is 314 g/mol. The number of aromatic nitrogens is 1. The fourth-order valence-electron chi connectivity index (χ4n) is 2.13. The highest BCUT2D eigenvalue weighted by Crippen LogP contribution is 2.16. The molecule has 0 aliphatic carbocycles. The van der Waals surface area contributed by atoms with Crippen LogP contribution >= 0.6 is 15.9 Å². The Morgan fingerprint density at radius 1 is 1.05 bits per heavy atom. The quantitative estimate of drug-likeness (QED) is 0.667. The van der Waals surface area contributed by atoms with Crippen molar-refractivity contribution in [3.8, 4) is 0 Å². The molecule has 3 aromatic rings. The molecule has 0 unspecified atom stereocenters. The van der Waals surface area contributed by atoms with E-state index in [1.165, 1.54) is 0 Å². The van der Waals surface area contributed by atoms with Crippen molar-refractivity contribution in [2.75, 3.05) is 0 Å². The monoisotopic (exact) mass is 325 g/mol. The van der Waals surface area contributed by atoms with Gasteiger partial charge in [-0.1, -0.05) is 46.3 Å². The number of hydrogen-bond donors (Lipinski definition) is 0. The number of halogens is 1. The lowest BCUT2D eigenvalue weighted by Gasteiger charge is -2.03. The Balaban J connectivity index is 1.86. The van der Waals surface area contributed by atoms with E-state index in [0.29, 0.717) is 12.0 Å². The molecule has 0 saturated heterocycles. The Labute approximate surface area is 125 Å². The van der Waals surface area contributed by atoms with Gasteiger partial charge in [-0.25, -0.2) is 0 Å². The minimum atomic E-state index is 0.111. The van der Waals surface area contributed by atoms with E-state index in [4.69, 9.17) is 0 Å². The van der Waals surface area contributed by atoms with Gasteiger partial charge < -0.3 is 0 Å². The van der Waals surface area contributed by atoms with Crippen molar-refractivity contribution in [1.82, 2.24) is 4.98 Å². The van der Waals surface area contributed by atoms with Crippen LogP contribution < -0.4 is 0 Å². The lowest BCUT2D eigenvalue weighted by Crippen LogP contribution is -2.03. The van der Waals surface area contributed by atoms with Crippen LogP contribution in [0.4, 0.5) is 0 Å². The fraction of sp³-hybridized carbons (Fsp3) is 0.0588. The van der Waals surface area contributed by atoms with E-state index >= 15 is 0 Å². The van der Waals surface area contributed by atoms with Crippen LogP contribution in [0.25, 0.3) is 10.9 Å². The van der Waals surface area contributed by atoms with E-state index in [-0.39, 0.29) is 5.78 Å². The summed E-state index contributed by atoms with van der Waals surface area (Å²) >= 11 is 3.39. The minimum absolute atomic E-state index is 0.111. The summed E-state index contributed by atoms with van der Waals surface area (Å²) in [5, 5.41) is 1.05. The van der Waals surface area contributed by atoms with E-state index in [1.54, 1.807) is 6.20 Å². The van der Waals surface area contributed by atoms with E-state index in [1.807, 2.05) is 54.6 Å². The second kappa shape index (κ2) is 5.55. The number of rotatable bonds is 3. The van der Waals surface area contributed by atoms with Gasteiger partial charge in [-0.2, -0.15) is 0 Å². The average Bonchev–Trinajstić information content (AvgIpc) is 2.49. The molecule has 0 amide bonds. The largest absolute Gasteiger partial charge is 0.294 e. The van der Waals surface area contributed by atoms with Crippen molar-refractivity contribution < 1.29 is 4.79 Å². The van der Waals surface area contributed by atoms with Crippen LogP contribution in [0.1, 0.15) is 15.9 Å². The molecule has 0 saturated carbocycles. The number of nitrogens with zero attached hydrogens (tertiary/aromatic N) is 1. The predicted molar refractivity (Wildman–Crippen MR) is 83.9 cm³/mol. The fourth-order valence-corrected chi connectivity index (χ4v) is 2.39. The van der Waals surface area contributed by atoms with Crippen molar-refractivity contribution in [3.05, 3.63) is 76.4 Å². The first kappa shape index (κ1) is 13.0. The summed E-state index contributed by atoms with van der Waals surface area (Å²) in [6, 6.07) is 17.4. The second-order valence-corrected chi connectivity index (χ2v) is 5.55. The predicted octanol–water partition coefficient (Wildman–Crippen LogP) is 4.42. The van der Waals surface area contributed by atoms with E-state index < -0.39 is 0 Å². The van der Waals surface area contributed by atoms with E-state index in [9.17, 15) is 4.79 Å². The Bertz CT molecular complexity index is 765. The summed E-state index contributed by atoms with van der Waals surface area (Å²) in [5.74, 6) is 0.111. The van der Waals surface area contributed by atoms with Crippen LogP contribution in [0, 0.1) is 0 Å². The zero-order chi connectivity index (χ0) is 13.9. The Kier molecular flexibility index (Phi) is 3.61. The van der Waals surface area contributed by atoms with Gasteiger partial charge in [0, 0.05) is 28.0 Å². The summed E-state index contributed by atoms with van der Waals surface area (Å²) < 4.78 is 1.02. The first-order chi connectivity index (χ1) is 9.72. The van der Waals surface area contributed by atoms with Crippen LogP contribution in [0.5, 0.6) is 0 Å². The lowest BCUT2D eigenvalue weighted by atomic mass is 10.0. The number of Topliss-reactive ketones (excluding diaryl/α,β-unsaturated/α-hetero) is 1. The Morgan fingerprint density at radius 2 is 1.85 bits per heavy atom. The molecule has 0 aliphatic heterocycles. The third-order valence-corrected chi connectivity index (χ3v) is 3.73. The van der Waals surface area contributed by atoms with E-state index in [0.717, 1.165) is 20.9 Å².